The molecule has 14 nitrogen and oxygen atoms in total. The van der Waals surface area contributed by atoms with Crippen molar-refractivity contribution in [3.63, 3.8) is 0 Å². The summed E-state index contributed by atoms with van der Waals surface area (Å²) in [6, 6.07) is 15.1. The van der Waals surface area contributed by atoms with Gasteiger partial charge in [0.1, 0.15) is 11.7 Å². The highest BCUT2D eigenvalue weighted by molar-refractivity contribution is 5.94. The van der Waals surface area contributed by atoms with Crippen LogP contribution in [0, 0.1) is 0 Å². The molecule has 3 fully saturated rings. The maximum absolute atomic E-state index is 13.3. The Morgan fingerprint density at radius 2 is 1.64 bits per heavy atom. The van der Waals surface area contributed by atoms with Crippen molar-refractivity contribution in [2.75, 3.05) is 64.3 Å². The van der Waals surface area contributed by atoms with Gasteiger partial charge in [0, 0.05) is 108 Å². The zero-order valence-corrected chi connectivity index (χ0v) is 41.6. The standard InChI is InChI=1S/C55H78N10O4/c1-4-5-29-57-54-58-38-46-47(40-64(52(46)60-54)45-19-10-9-11-20-45)43-26-24-42(25-27-43)39-63-34-32-62(33-35-63)31-15-22-50(66)56-30-12-7-6-8-13-36-69-37-16-18-44-17-14-21-48-51(44)61(3)55(68)65(48)49-28-23-41(2)59-53(49)67/h14,17,21,24-27,38,40,45,49H,2,4-13,15-16,18-20,22-23,28-37,39H2,1,3H3,(H,56,66)(H,59,67)(H,57,58,60). The van der Waals surface area contributed by atoms with Crippen molar-refractivity contribution in [3.8, 4) is 11.1 Å². The summed E-state index contributed by atoms with van der Waals surface area (Å²) >= 11 is 0. The van der Waals surface area contributed by atoms with E-state index >= 15 is 0 Å². The molecule has 8 rings (SSSR count). The Hall–Kier alpha value is -5.31. The second-order valence-electron chi connectivity index (χ2n) is 19.8. The minimum absolute atomic E-state index is 0.166. The van der Waals surface area contributed by atoms with Crippen LogP contribution in [0.2, 0.25) is 0 Å². The molecule has 0 spiro atoms. The summed E-state index contributed by atoms with van der Waals surface area (Å²) < 4.78 is 11.7. The maximum atomic E-state index is 13.3. The number of piperidine rings is 1. The summed E-state index contributed by atoms with van der Waals surface area (Å²) in [5.41, 5.74) is 8.16. The minimum atomic E-state index is -0.524. The second-order valence-corrected chi connectivity index (χ2v) is 19.8. The normalized spacial score (nSPS) is 17.5. The summed E-state index contributed by atoms with van der Waals surface area (Å²) in [6.45, 7) is 15.2. The van der Waals surface area contributed by atoms with Crippen LogP contribution in [-0.2, 0) is 34.3 Å². The highest BCUT2D eigenvalue weighted by Crippen LogP contribution is 2.37. The number of unbranched alkanes of at least 4 members (excludes halogenated alkanes) is 5. The molecule has 3 aliphatic rings. The van der Waals surface area contributed by atoms with E-state index in [1.54, 1.807) is 16.2 Å². The number of hydrogen-bond donors (Lipinski definition) is 3. The van der Waals surface area contributed by atoms with Gasteiger partial charge in [-0.15, -0.1) is 0 Å². The van der Waals surface area contributed by atoms with Gasteiger partial charge in [0.2, 0.25) is 17.8 Å². The van der Waals surface area contributed by atoms with Gasteiger partial charge in [0.05, 0.1) is 11.0 Å². The predicted molar refractivity (Wildman–Crippen MR) is 277 cm³/mol. The lowest BCUT2D eigenvalue weighted by atomic mass is 9.95. The fourth-order valence-corrected chi connectivity index (χ4v) is 10.7. The lowest BCUT2D eigenvalue weighted by molar-refractivity contribution is -0.125. The molecule has 2 saturated heterocycles. The van der Waals surface area contributed by atoms with Crippen LogP contribution in [0.5, 0.6) is 0 Å². The van der Waals surface area contributed by atoms with Crippen LogP contribution in [0.15, 0.2) is 71.9 Å². The summed E-state index contributed by atoms with van der Waals surface area (Å²) in [4.78, 5) is 53.4. The molecule has 3 N–H and O–H groups in total. The van der Waals surface area contributed by atoms with E-state index in [2.05, 4.69) is 80.3 Å². The first-order valence-electron chi connectivity index (χ1n) is 26.4. The van der Waals surface area contributed by atoms with Crippen LogP contribution in [0.4, 0.5) is 5.95 Å². The smallest absolute Gasteiger partial charge is 0.329 e. The molecule has 14 heteroatoms. The number of carbonyl (C=O) groups is 2. The number of nitrogens with zero attached hydrogens (tertiary/aromatic N) is 7. The van der Waals surface area contributed by atoms with Gasteiger partial charge in [-0.1, -0.05) is 94.8 Å². The number of amides is 2. The first kappa shape index (κ1) is 50.1. The van der Waals surface area contributed by atoms with Gasteiger partial charge in [-0.25, -0.2) is 9.78 Å². The molecule has 2 amide bonds. The van der Waals surface area contributed by atoms with Crippen molar-refractivity contribution in [3.05, 3.63) is 88.7 Å². The first-order chi connectivity index (χ1) is 33.8. The molecule has 69 heavy (non-hydrogen) atoms. The van der Waals surface area contributed by atoms with Crippen molar-refractivity contribution in [2.24, 2.45) is 7.05 Å². The number of aromatic nitrogens is 5. The number of ether oxygens (including phenoxy) is 1. The Kier molecular flexibility index (Phi) is 18.1. The Bertz CT molecular complexity index is 2530. The highest BCUT2D eigenvalue weighted by Gasteiger charge is 2.30. The number of carbonyl (C=O) groups excluding carboxylic acids is 2. The molecular formula is C55H78N10O4. The Labute approximate surface area is 409 Å². The van der Waals surface area contributed by atoms with Crippen molar-refractivity contribution in [2.45, 2.75) is 141 Å². The van der Waals surface area contributed by atoms with Gasteiger partial charge in [0.15, 0.2) is 0 Å². The van der Waals surface area contributed by atoms with E-state index in [0.717, 1.165) is 157 Å². The molecule has 2 aromatic carbocycles. The van der Waals surface area contributed by atoms with E-state index in [1.807, 2.05) is 18.3 Å². The third-order valence-electron chi connectivity index (χ3n) is 14.7. The quantitative estimate of drug-likeness (QED) is 0.0489. The molecule has 1 atom stereocenters. The number of rotatable bonds is 25. The molecule has 5 heterocycles. The van der Waals surface area contributed by atoms with Crippen LogP contribution in [0.1, 0.15) is 139 Å². The number of hydrogen-bond acceptors (Lipinski definition) is 9. The number of fused-ring (bicyclic) bond motifs is 2. The fourth-order valence-electron chi connectivity index (χ4n) is 10.7. The highest BCUT2D eigenvalue weighted by atomic mass is 16.5. The number of aryl methyl sites for hydroxylation is 2. The average Bonchev–Trinajstić information content (AvgIpc) is 3.86. The van der Waals surface area contributed by atoms with E-state index in [9.17, 15) is 14.4 Å². The van der Waals surface area contributed by atoms with E-state index < -0.39 is 6.04 Å². The Morgan fingerprint density at radius 1 is 0.870 bits per heavy atom. The number of para-hydroxylation sites is 1. The van der Waals surface area contributed by atoms with Gasteiger partial charge in [-0.3, -0.25) is 23.6 Å². The SMILES string of the molecule is C=C1CCC(n2c(=O)n(C)c3c(CCCOCCCCCCCNC(=O)CCCN4CCN(Cc5ccc(-c6cn(C7CCCCC7)c7nc(NCCCC)ncc67)cc5)CC4)cccc32)C(=O)N1. The summed E-state index contributed by atoms with van der Waals surface area (Å²) in [5.74, 6) is 0.726. The van der Waals surface area contributed by atoms with Crippen LogP contribution in [0.25, 0.3) is 33.2 Å². The van der Waals surface area contributed by atoms with Crippen molar-refractivity contribution in [1.82, 2.24) is 44.1 Å². The molecule has 0 bridgehead atoms. The molecule has 0 radical (unpaired) electrons. The summed E-state index contributed by atoms with van der Waals surface area (Å²) in [7, 11) is 1.79. The van der Waals surface area contributed by atoms with Crippen LogP contribution < -0.4 is 21.6 Å². The predicted octanol–water partition coefficient (Wildman–Crippen LogP) is 9.05. The molecule has 5 aromatic rings. The number of piperazine rings is 1. The molecular weight excluding hydrogens is 865 g/mol. The largest absolute Gasteiger partial charge is 0.381 e. The number of anilines is 1. The Morgan fingerprint density at radius 3 is 2.43 bits per heavy atom. The van der Waals surface area contributed by atoms with E-state index in [1.165, 1.54) is 48.8 Å². The number of imidazole rings is 1. The lowest BCUT2D eigenvalue weighted by Gasteiger charge is -2.34. The minimum Gasteiger partial charge on any atom is -0.381 e. The third-order valence-corrected chi connectivity index (χ3v) is 14.7. The second kappa shape index (κ2) is 25.0. The van der Waals surface area contributed by atoms with Crippen molar-refractivity contribution in [1.29, 1.82) is 0 Å². The Balaban J connectivity index is 0.656. The van der Waals surface area contributed by atoms with Crippen LogP contribution in [0.3, 0.4) is 0 Å². The maximum Gasteiger partial charge on any atom is 0.329 e. The summed E-state index contributed by atoms with van der Waals surface area (Å²) in [6.07, 6.45) is 22.7. The molecule has 1 unspecified atom stereocenters. The van der Waals surface area contributed by atoms with E-state index in [-0.39, 0.29) is 17.5 Å². The molecule has 2 aliphatic heterocycles. The van der Waals surface area contributed by atoms with Gasteiger partial charge in [0.25, 0.3) is 0 Å². The molecule has 372 valence electrons. The zero-order valence-electron chi connectivity index (χ0n) is 41.6. The summed E-state index contributed by atoms with van der Waals surface area (Å²) in [5, 5.41) is 10.5. The van der Waals surface area contributed by atoms with E-state index in [4.69, 9.17) is 14.7 Å². The lowest BCUT2D eigenvalue weighted by Crippen LogP contribution is -2.46. The zero-order chi connectivity index (χ0) is 48.0. The van der Waals surface area contributed by atoms with Crippen LogP contribution in [-0.4, -0.2) is 104 Å². The van der Waals surface area contributed by atoms with Gasteiger partial charge < -0.3 is 30.2 Å². The molecule has 1 saturated carbocycles. The van der Waals surface area contributed by atoms with Gasteiger partial charge in [-0.05, 0) is 93.5 Å². The fraction of sp³-hybridized carbons (Fsp3) is 0.582. The number of nitrogens with one attached hydrogen (secondary N) is 3. The van der Waals surface area contributed by atoms with Crippen LogP contribution >= 0.6 is 0 Å². The van der Waals surface area contributed by atoms with E-state index in [0.29, 0.717) is 37.6 Å². The van der Waals surface area contributed by atoms with Gasteiger partial charge in [-0.2, -0.15) is 4.98 Å². The third kappa shape index (κ3) is 13.1. The van der Waals surface area contributed by atoms with Crippen molar-refractivity contribution < 1.29 is 14.3 Å². The number of allylic oxidation sites excluding steroid dienone is 1. The topological polar surface area (TPSA) is 144 Å². The van der Waals surface area contributed by atoms with Gasteiger partial charge >= 0.3 is 5.69 Å². The number of benzene rings is 2. The first-order valence-corrected chi connectivity index (χ1v) is 26.4. The monoisotopic (exact) mass is 943 g/mol. The molecule has 3 aromatic heterocycles. The van der Waals surface area contributed by atoms with Crippen molar-refractivity contribution >= 4 is 39.8 Å². The average molecular weight is 943 g/mol. The molecule has 1 aliphatic carbocycles.